The van der Waals surface area contributed by atoms with Crippen LogP contribution >= 0.6 is 11.8 Å². The van der Waals surface area contributed by atoms with E-state index in [1.165, 1.54) is 31.0 Å². The Morgan fingerprint density at radius 3 is 2.61 bits per heavy atom. The maximum atomic E-state index is 13.2. The zero-order valence-electron chi connectivity index (χ0n) is 17.3. The van der Waals surface area contributed by atoms with Crippen molar-refractivity contribution in [3.05, 3.63) is 75.9 Å². The molecular weight excluding hydrogens is 421 g/mol. The van der Waals surface area contributed by atoms with E-state index in [1.54, 1.807) is 30.5 Å². The van der Waals surface area contributed by atoms with E-state index in [4.69, 9.17) is 25.3 Å². The molecule has 0 saturated carbocycles. The highest BCUT2D eigenvalue weighted by molar-refractivity contribution is 8.11. The monoisotopic (exact) mass is 443 g/mol. The number of carbonyl (C=O) groups excluding carboxylic acids is 2. The predicted octanol–water partition coefficient (Wildman–Crippen LogP) is 3.83. The predicted molar refractivity (Wildman–Crippen MR) is 119 cm³/mol. The number of methoxy groups -OCH3 is 1. The van der Waals surface area contributed by atoms with Gasteiger partial charge < -0.3 is 15.2 Å². The van der Waals surface area contributed by atoms with Crippen LogP contribution in [0.2, 0.25) is 0 Å². The minimum Gasteiger partial charge on any atom is -0.473 e. The smallest absolute Gasteiger partial charge is 0.337 e. The molecule has 0 saturated heterocycles. The van der Waals surface area contributed by atoms with E-state index in [1.807, 2.05) is 13.0 Å². The lowest BCUT2D eigenvalue weighted by molar-refractivity contribution is 0.0600. The average Bonchev–Trinajstić information content (AvgIpc) is 2.79. The average molecular weight is 444 g/mol. The van der Waals surface area contributed by atoms with Crippen LogP contribution in [0.4, 0.5) is 4.39 Å². The largest absolute Gasteiger partial charge is 0.473 e. The van der Waals surface area contributed by atoms with Crippen LogP contribution in [0.15, 0.2) is 47.3 Å². The highest BCUT2D eigenvalue weighted by Crippen LogP contribution is 2.19. The molecule has 2 aromatic carbocycles. The standard InChI is InChI=1S/C20H18FN3O3.C2H4OS/c1-13-3-4-14(20(25)26-2)7-16(13)9-19(24-12-23)27-11-15-5-6-18(21)8-17(15)10-22;1-4-2-3/h3-9,12H,11H2,1-2H3,(H2,23,24);2H,1H3/b19-9+;. The van der Waals surface area contributed by atoms with Crippen molar-refractivity contribution in [1.82, 2.24) is 0 Å². The molecule has 0 amide bonds. The van der Waals surface area contributed by atoms with Gasteiger partial charge in [-0.1, -0.05) is 23.9 Å². The van der Waals surface area contributed by atoms with Crippen molar-refractivity contribution in [1.29, 1.82) is 5.26 Å². The van der Waals surface area contributed by atoms with E-state index >= 15 is 0 Å². The number of nitrogens with two attached hydrogens (primary N) is 1. The van der Waals surface area contributed by atoms with Crippen molar-refractivity contribution in [3.8, 4) is 6.07 Å². The number of hydrogen-bond acceptors (Lipinski definition) is 7. The van der Waals surface area contributed by atoms with Gasteiger partial charge in [0, 0.05) is 11.6 Å². The van der Waals surface area contributed by atoms with Crippen molar-refractivity contribution in [2.75, 3.05) is 13.4 Å². The van der Waals surface area contributed by atoms with Crippen molar-refractivity contribution in [2.24, 2.45) is 10.7 Å². The highest BCUT2D eigenvalue weighted by atomic mass is 32.2. The maximum absolute atomic E-state index is 13.2. The van der Waals surface area contributed by atoms with E-state index < -0.39 is 11.8 Å². The molecule has 162 valence electrons. The van der Waals surface area contributed by atoms with E-state index in [-0.39, 0.29) is 18.1 Å². The molecule has 0 bridgehead atoms. The second-order valence-electron chi connectivity index (χ2n) is 5.86. The molecule has 0 radical (unpaired) electrons. The van der Waals surface area contributed by atoms with Gasteiger partial charge >= 0.3 is 5.97 Å². The minimum atomic E-state index is -0.499. The summed E-state index contributed by atoms with van der Waals surface area (Å²) in [6, 6.07) is 10.9. The number of carbonyl (C=O) groups is 2. The number of nitriles is 1. The van der Waals surface area contributed by atoms with Gasteiger partial charge in [0.2, 0.25) is 5.88 Å². The number of ether oxygens (including phenoxy) is 2. The van der Waals surface area contributed by atoms with Gasteiger partial charge in [-0.15, -0.1) is 0 Å². The molecule has 31 heavy (non-hydrogen) atoms. The number of halogens is 1. The topological polar surface area (TPSA) is 115 Å². The molecule has 0 fully saturated rings. The van der Waals surface area contributed by atoms with Crippen LogP contribution in [0.5, 0.6) is 0 Å². The first-order valence-corrected chi connectivity index (χ1v) is 10.1. The maximum Gasteiger partial charge on any atom is 0.337 e. The van der Waals surface area contributed by atoms with Crippen LogP contribution in [-0.2, 0) is 20.9 Å². The Kier molecular flexibility index (Phi) is 11.1. The van der Waals surface area contributed by atoms with Gasteiger partial charge in [0.25, 0.3) is 0 Å². The summed E-state index contributed by atoms with van der Waals surface area (Å²) >= 11 is 1.18. The Hall–Kier alpha value is -3.64. The Morgan fingerprint density at radius 2 is 2.03 bits per heavy atom. The second kappa shape index (κ2) is 13.6. The van der Waals surface area contributed by atoms with Crippen LogP contribution in [0.1, 0.15) is 32.6 Å². The van der Waals surface area contributed by atoms with Crippen molar-refractivity contribution < 1.29 is 23.5 Å². The Labute approximate surface area is 184 Å². The third kappa shape index (κ3) is 8.32. The third-order valence-corrected chi connectivity index (χ3v) is 4.04. The van der Waals surface area contributed by atoms with E-state index in [2.05, 4.69) is 4.99 Å². The van der Waals surface area contributed by atoms with E-state index in [0.717, 1.165) is 23.6 Å². The molecule has 2 rings (SSSR count). The van der Waals surface area contributed by atoms with Crippen LogP contribution in [0, 0.1) is 24.1 Å². The molecule has 2 aromatic rings. The van der Waals surface area contributed by atoms with Crippen LogP contribution < -0.4 is 5.73 Å². The fraction of sp³-hybridized carbons (Fsp3) is 0.182. The Morgan fingerprint density at radius 1 is 1.32 bits per heavy atom. The van der Waals surface area contributed by atoms with Gasteiger partial charge in [0.15, 0.2) is 5.62 Å². The summed E-state index contributed by atoms with van der Waals surface area (Å²) in [6.45, 7) is 1.87. The van der Waals surface area contributed by atoms with E-state index in [0.29, 0.717) is 16.7 Å². The fourth-order valence-corrected chi connectivity index (χ4v) is 2.29. The van der Waals surface area contributed by atoms with Crippen LogP contribution in [0.25, 0.3) is 6.08 Å². The molecule has 9 heteroatoms. The summed E-state index contributed by atoms with van der Waals surface area (Å²) in [5.41, 5.74) is 8.82. The lowest BCUT2D eigenvalue weighted by atomic mass is 10.0. The molecule has 7 nitrogen and oxygen atoms in total. The van der Waals surface area contributed by atoms with Crippen molar-refractivity contribution >= 4 is 35.8 Å². The van der Waals surface area contributed by atoms with Gasteiger partial charge in [0.05, 0.1) is 30.6 Å². The number of nitrogens with zero attached hydrogens (tertiary/aromatic N) is 2. The van der Waals surface area contributed by atoms with Gasteiger partial charge in [-0.05, 0) is 48.6 Å². The molecular formula is C22H22FN3O4S. The fourth-order valence-electron chi connectivity index (χ4n) is 2.29. The zero-order valence-corrected chi connectivity index (χ0v) is 18.1. The third-order valence-electron chi connectivity index (χ3n) is 3.85. The SMILES string of the molecule is COC(=O)c1ccc(C)c(/C=C(\N=C/N)OCc2ccc(F)cc2C#N)c1.CSC=O. The van der Waals surface area contributed by atoms with Gasteiger partial charge in [-0.2, -0.15) is 5.26 Å². The zero-order chi connectivity index (χ0) is 23.2. The van der Waals surface area contributed by atoms with Gasteiger partial charge in [-0.3, -0.25) is 4.79 Å². The molecule has 0 heterocycles. The molecule has 2 N–H and O–H groups in total. The lowest BCUT2D eigenvalue weighted by Gasteiger charge is -2.09. The van der Waals surface area contributed by atoms with Crippen molar-refractivity contribution in [2.45, 2.75) is 13.5 Å². The summed E-state index contributed by atoms with van der Waals surface area (Å²) in [7, 11) is 1.31. The Balaban J connectivity index is 0.00000110. The number of esters is 1. The van der Waals surface area contributed by atoms with Crippen LogP contribution in [-0.4, -0.2) is 31.3 Å². The molecule has 0 aromatic heterocycles. The number of aryl methyl sites for hydroxylation is 1. The second-order valence-corrected chi connectivity index (χ2v) is 6.52. The van der Waals surface area contributed by atoms with Gasteiger partial charge in [0.1, 0.15) is 12.4 Å². The normalized spacial score (nSPS) is 10.6. The number of aliphatic imine (C=N–C) groups is 1. The number of hydrogen-bond donors (Lipinski definition) is 1. The first kappa shape index (κ1) is 25.4. The summed E-state index contributed by atoms with van der Waals surface area (Å²) in [5.74, 6) is -0.781. The first-order chi connectivity index (χ1) is 14.9. The number of rotatable bonds is 7. The summed E-state index contributed by atoms with van der Waals surface area (Å²) < 4.78 is 23.6. The molecule has 0 aliphatic heterocycles. The van der Waals surface area contributed by atoms with Crippen LogP contribution in [0.3, 0.4) is 0 Å². The molecule has 0 aliphatic carbocycles. The quantitative estimate of drug-likeness (QED) is 0.227. The Bertz CT molecular complexity index is 1020. The van der Waals surface area contributed by atoms with E-state index in [9.17, 15) is 9.18 Å². The van der Waals surface area contributed by atoms with Crippen molar-refractivity contribution in [3.63, 3.8) is 0 Å². The summed E-state index contributed by atoms with van der Waals surface area (Å²) in [4.78, 5) is 24.8. The number of thioether (sulfide) groups is 1. The highest BCUT2D eigenvalue weighted by Gasteiger charge is 2.09. The minimum absolute atomic E-state index is 0.00207. The molecule has 0 atom stereocenters. The first-order valence-electron chi connectivity index (χ1n) is 8.82. The molecule has 0 unspecified atom stereocenters. The van der Waals surface area contributed by atoms with Gasteiger partial charge in [-0.25, -0.2) is 14.2 Å². The lowest BCUT2D eigenvalue weighted by Crippen LogP contribution is -2.02. The summed E-state index contributed by atoms with van der Waals surface area (Å²) in [6.07, 6.45) is 4.41. The molecule has 0 aliphatic rings. The number of benzene rings is 2. The summed E-state index contributed by atoms with van der Waals surface area (Å²) in [5, 5.41) is 9.11. The molecule has 0 spiro atoms.